The van der Waals surface area contributed by atoms with Crippen molar-refractivity contribution in [2.75, 3.05) is 6.61 Å². The summed E-state index contributed by atoms with van der Waals surface area (Å²) >= 11 is 0. The summed E-state index contributed by atoms with van der Waals surface area (Å²) in [5.74, 6) is 0. The van der Waals surface area contributed by atoms with Gasteiger partial charge in [0, 0.05) is 6.61 Å². The quantitative estimate of drug-likeness (QED) is 0.806. The van der Waals surface area contributed by atoms with Gasteiger partial charge in [0.2, 0.25) is 0 Å². The molecule has 1 aliphatic rings. The second-order valence-corrected chi connectivity index (χ2v) is 5.68. The van der Waals surface area contributed by atoms with Crippen molar-refractivity contribution in [3.63, 3.8) is 0 Å². The second kappa shape index (κ2) is 6.88. The van der Waals surface area contributed by atoms with Crippen LogP contribution in [0.1, 0.15) is 56.3 Å². The lowest BCUT2D eigenvalue weighted by Crippen LogP contribution is -2.37. The molecule has 0 fully saturated rings. The van der Waals surface area contributed by atoms with Gasteiger partial charge in [-0.15, -0.1) is 0 Å². The molecule has 0 aromatic heterocycles. The SMILES string of the molecule is CCC(N)(C#N)CCCOC1CCCc2ccccc21. The summed E-state index contributed by atoms with van der Waals surface area (Å²) in [6.45, 7) is 2.64. The van der Waals surface area contributed by atoms with E-state index in [2.05, 4.69) is 30.3 Å². The molecule has 0 saturated carbocycles. The van der Waals surface area contributed by atoms with Gasteiger partial charge in [-0.25, -0.2) is 0 Å². The summed E-state index contributed by atoms with van der Waals surface area (Å²) in [4.78, 5) is 0. The monoisotopic (exact) mass is 272 g/mol. The van der Waals surface area contributed by atoms with E-state index in [9.17, 15) is 0 Å². The van der Waals surface area contributed by atoms with Crippen molar-refractivity contribution in [2.24, 2.45) is 5.73 Å². The number of fused-ring (bicyclic) bond motifs is 1. The highest BCUT2D eigenvalue weighted by atomic mass is 16.5. The normalized spacial score (nSPS) is 20.8. The Kier molecular flexibility index (Phi) is 5.17. The lowest BCUT2D eigenvalue weighted by Gasteiger charge is -2.26. The maximum Gasteiger partial charge on any atom is 0.104 e. The van der Waals surface area contributed by atoms with Gasteiger partial charge in [0.05, 0.1) is 12.2 Å². The largest absolute Gasteiger partial charge is 0.374 e. The zero-order chi connectivity index (χ0) is 14.4. The van der Waals surface area contributed by atoms with Crippen LogP contribution in [0.3, 0.4) is 0 Å². The first-order valence-electron chi connectivity index (χ1n) is 7.58. The number of nitrogens with two attached hydrogens (primary N) is 1. The van der Waals surface area contributed by atoms with E-state index >= 15 is 0 Å². The summed E-state index contributed by atoms with van der Waals surface area (Å²) in [5, 5.41) is 9.05. The van der Waals surface area contributed by atoms with Crippen LogP contribution < -0.4 is 5.73 Å². The fourth-order valence-electron chi connectivity index (χ4n) is 2.81. The van der Waals surface area contributed by atoms with E-state index in [0.717, 1.165) is 19.3 Å². The number of ether oxygens (including phenoxy) is 1. The fourth-order valence-corrected chi connectivity index (χ4v) is 2.81. The average Bonchev–Trinajstić information content (AvgIpc) is 2.51. The lowest BCUT2D eigenvalue weighted by molar-refractivity contribution is 0.0368. The first-order chi connectivity index (χ1) is 9.68. The van der Waals surface area contributed by atoms with Crippen molar-refractivity contribution in [3.05, 3.63) is 35.4 Å². The third-order valence-corrected chi connectivity index (χ3v) is 4.25. The maximum absolute atomic E-state index is 9.05. The molecule has 3 heteroatoms. The molecule has 0 aliphatic heterocycles. The van der Waals surface area contributed by atoms with Crippen LogP contribution in [0.4, 0.5) is 0 Å². The van der Waals surface area contributed by atoms with Crippen molar-refractivity contribution in [2.45, 2.75) is 57.1 Å². The van der Waals surface area contributed by atoms with Gasteiger partial charge in [-0.05, 0) is 49.7 Å². The van der Waals surface area contributed by atoms with E-state index in [-0.39, 0.29) is 6.10 Å². The number of nitrogens with zero attached hydrogens (tertiary/aromatic N) is 1. The van der Waals surface area contributed by atoms with Crippen molar-refractivity contribution < 1.29 is 4.74 Å². The van der Waals surface area contributed by atoms with Gasteiger partial charge in [-0.2, -0.15) is 5.26 Å². The number of aryl methyl sites for hydroxylation is 1. The Hall–Kier alpha value is -1.37. The van der Waals surface area contributed by atoms with Crippen molar-refractivity contribution in [1.82, 2.24) is 0 Å². The van der Waals surface area contributed by atoms with Gasteiger partial charge in [0.25, 0.3) is 0 Å². The number of hydrogen-bond acceptors (Lipinski definition) is 3. The minimum Gasteiger partial charge on any atom is -0.374 e. The Morgan fingerprint density at radius 2 is 2.25 bits per heavy atom. The molecule has 0 amide bonds. The molecular formula is C17H24N2O. The van der Waals surface area contributed by atoms with E-state index in [1.807, 2.05) is 6.92 Å². The zero-order valence-electron chi connectivity index (χ0n) is 12.3. The summed E-state index contributed by atoms with van der Waals surface area (Å²) in [5.41, 5.74) is 8.05. The van der Waals surface area contributed by atoms with Crippen LogP contribution in [-0.4, -0.2) is 12.1 Å². The van der Waals surface area contributed by atoms with E-state index in [1.165, 1.54) is 17.5 Å². The second-order valence-electron chi connectivity index (χ2n) is 5.68. The van der Waals surface area contributed by atoms with Crippen LogP contribution in [0.2, 0.25) is 0 Å². The molecule has 20 heavy (non-hydrogen) atoms. The van der Waals surface area contributed by atoms with Crippen LogP contribution in [0.15, 0.2) is 24.3 Å². The van der Waals surface area contributed by atoms with E-state index in [0.29, 0.717) is 19.4 Å². The fraction of sp³-hybridized carbons (Fsp3) is 0.588. The molecule has 108 valence electrons. The van der Waals surface area contributed by atoms with E-state index in [1.54, 1.807) is 0 Å². The minimum atomic E-state index is -0.687. The van der Waals surface area contributed by atoms with Gasteiger partial charge < -0.3 is 10.5 Å². The number of rotatable bonds is 6. The highest BCUT2D eigenvalue weighted by Crippen LogP contribution is 2.32. The van der Waals surface area contributed by atoms with Crippen molar-refractivity contribution >= 4 is 0 Å². The Morgan fingerprint density at radius 3 is 3.00 bits per heavy atom. The van der Waals surface area contributed by atoms with Gasteiger partial charge in [0.15, 0.2) is 0 Å². The van der Waals surface area contributed by atoms with Crippen LogP contribution in [0.25, 0.3) is 0 Å². The smallest absolute Gasteiger partial charge is 0.104 e. The van der Waals surface area contributed by atoms with Gasteiger partial charge in [-0.3, -0.25) is 0 Å². The molecule has 1 aliphatic carbocycles. The number of nitriles is 1. The third kappa shape index (κ3) is 3.59. The highest BCUT2D eigenvalue weighted by Gasteiger charge is 2.23. The summed E-state index contributed by atoms with van der Waals surface area (Å²) in [6, 6.07) is 10.8. The molecule has 0 heterocycles. The highest BCUT2D eigenvalue weighted by molar-refractivity contribution is 5.31. The van der Waals surface area contributed by atoms with Crippen molar-refractivity contribution in [3.8, 4) is 6.07 Å². The lowest BCUT2D eigenvalue weighted by atomic mass is 9.89. The van der Waals surface area contributed by atoms with E-state index < -0.39 is 5.54 Å². The zero-order valence-corrected chi connectivity index (χ0v) is 12.3. The summed E-state index contributed by atoms with van der Waals surface area (Å²) < 4.78 is 6.03. The van der Waals surface area contributed by atoms with Crippen LogP contribution >= 0.6 is 0 Å². The molecule has 1 aromatic carbocycles. The van der Waals surface area contributed by atoms with Crippen LogP contribution in [-0.2, 0) is 11.2 Å². The minimum absolute atomic E-state index is 0.218. The van der Waals surface area contributed by atoms with Gasteiger partial charge in [-0.1, -0.05) is 31.2 Å². The van der Waals surface area contributed by atoms with E-state index in [4.69, 9.17) is 15.7 Å². The number of benzene rings is 1. The topological polar surface area (TPSA) is 59.0 Å². The Bertz CT molecular complexity index is 480. The molecule has 1 aromatic rings. The molecule has 2 unspecified atom stereocenters. The molecule has 2 N–H and O–H groups in total. The molecule has 0 bridgehead atoms. The number of hydrogen-bond donors (Lipinski definition) is 1. The van der Waals surface area contributed by atoms with Gasteiger partial charge in [0.1, 0.15) is 5.54 Å². The molecule has 0 radical (unpaired) electrons. The Morgan fingerprint density at radius 1 is 1.45 bits per heavy atom. The van der Waals surface area contributed by atoms with Gasteiger partial charge >= 0.3 is 0 Å². The average molecular weight is 272 g/mol. The van der Waals surface area contributed by atoms with Crippen LogP contribution in [0.5, 0.6) is 0 Å². The first-order valence-corrected chi connectivity index (χ1v) is 7.58. The Labute approximate surface area is 121 Å². The maximum atomic E-state index is 9.05. The van der Waals surface area contributed by atoms with Crippen LogP contribution in [0, 0.1) is 11.3 Å². The Balaban J connectivity index is 1.83. The first kappa shape index (κ1) is 15.0. The molecule has 3 nitrogen and oxygen atoms in total. The summed E-state index contributed by atoms with van der Waals surface area (Å²) in [7, 11) is 0. The van der Waals surface area contributed by atoms with Crippen molar-refractivity contribution in [1.29, 1.82) is 5.26 Å². The molecule has 2 atom stereocenters. The predicted molar refractivity (Wildman–Crippen MR) is 80.1 cm³/mol. The predicted octanol–water partition coefficient (Wildman–Crippen LogP) is 3.49. The standard InChI is InChI=1S/C17H24N2O/c1-2-17(19,13-18)11-6-12-20-16-10-5-8-14-7-3-4-9-15(14)16/h3-4,7,9,16H,2,5-6,8,10-12,19H2,1H3. The summed E-state index contributed by atoms with van der Waals surface area (Å²) in [6.07, 6.45) is 5.90. The third-order valence-electron chi connectivity index (χ3n) is 4.25. The molecule has 0 spiro atoms. The molecule has 0 saturated heterocycles. The molecule has 2 rings (SSSR count). The molecular weight excluding hydrogens is 248 g/mol.